The van der Waals surface area contributed by atoms with Crippen LogP contribution in [0.25, 0.3) is 0 Å². The Bertz CT molecular complexity index is 832. The molecule has 0 radical (unpaired) electrons. The number of rotatable bonds is 20. The number of unbranched alkanes of at least 4 members (excludes halogenated alkanes) is 10. The molecular formula is C38H74N2O5. The first-order valence-corrected chi connectivity index (χ1v) is 18.1. The van der Waals surface area contributed by atoms with E-state index >= 15 is 0 Å². The van der Waals surface area contributed by atoms with Crippen molar-refractivity contribution in [3.05, 3.63) is 0 Å². The molecule has 0 atom stereocenters. The largest absolute Gasteiger partial charge is 0.462 e. The lowest BCUT2D eigenvalue weighted by Crippen LogP contribution is -2.62. The third-order valence-corrected chi connectivity index (χ3v) is 9.65. The van der Waals surface area contributed by atoms with Crippen molar-refractivity contribution >= 4 is 11.8 Å². The van der Waals surface area contributed by atoms with Gasteiger partial charge in [-0.25, -0.2) is 0 Å². The molecule has 0 aromatic carbocycles. The van der Waals surface area contributed by atoms with Gasteiger partial charge in [0, 0.05) is 40.9 Å². The molecule has 0 aromatic heterocycles. The highest BCUT2D eigenvalue weighted by Gasteiger charge is 2.50. The summed E-state index contributed by atoms with van der Waals surface area (Å²) in [5, 5.41) is 4.26. The maximum absolute atomic E-state index is 13.5. The van der Waals surface area contributed by atoms with Gasteiger partial charge in [0.25, 0.3) is 0 Å². The average molecular weight is 639 g/mol. The molecule has 266 valence electrons. The van der Waals surface area contributed by atoms with Gasteiger partial charge in [0.15, 0.2) is 0 Å². The third-order valence-electron chi connectivity index (χ3n) is 9.65. The molecule has 0 aromatic rings. The number of Topliss-reactive ketones (excluding diaryl/α,β-unsaturated/α-hetero) is 1. The van der Waals surface area contributed by atoms with E-state index in [1.54, 1.807) is 0 Å². The number of esters is 1. The maximum atomic E-state index is 13.5. The molecule has 7 heteroatoms. The van der Waals surface area contributed by atoms with E-state index in [9.17, 15) is 9.59 Å². The Labute approximate surface area is 278 Å². The Morgan fingerprint density at radius 1 is 0.578 bits per heavy atom. The third kappa shape index (κ3) is 13.6. The number of carbonyl (C=O) groups is 2. The quantitative estimate of drug-likeness (QED) is 0.0747. The summed E-state index contributed by atoms with van der Waals surface area (Å²) in [7, 11) is 0. The van der Waals surface area contributed by atoms with Crippen molar-refractivity contribution in [3.63, 3.8) is 0 Å². The Morgan fingerprint density at radius 3 is 1.33 bits per heavy atom. The number of carbonyl (C=O) groups excluding carboxylic acids is 2. The minimum absolute atomic E-state index is 0. The lowest BCUT2D eigenvalue weighted by Gasteiger charge is -2.53. The molecule has 0 aliphatic carbocycles. The second-order valence-electron chi connectivity index (χ2n) is 16.3. The van der Waals surface area contributed by atoms with Crippen LogP contribution in [-0.2, 0) is 24.0 Å². The fourth-order valence-corrected chi connectivity index (χ4v) is 8.04. The Balaban J connectivity index is 0.0000101. The Morgan fingerprint density at radius 2 is 0.933 bits per heavy atom. The molecule has 2 fully saturated rings. The van der Waals surface area contributed by atoms with Crippen LogP contribution in [0.3, 0.4) is 0 Å². The number of hydrogen-bond donors (Lipinski definition) is 0. The summed E-state index contributed by atoms with van der Waals surface area (Å²) in [5.41, 5.74) is -1.17. The van der Waals surface area contributed by atoms with Crippen LogP contribution in [-0.4, -0.2) is 63.4 Å². The highest BCUT2D eigenvalue weighted by Crippen LogP contribution is 2.43. The van der Waals surface area contributed by atoms with Crippen LogP contribution in [0.5, 0.6) is 0 Å². The summed E-state index contributed by atoms with van der Waals surface area (Å²) in [5.74, 6) is -0.595. The summed E-state index contributed by atoms with van der Waals surface area (Å²) >= 11 is 0. The lowest BCUT2D eigenvalue weighted by molar-refractivity contribution is -0.293. The number of ether oxygens (including phenoxy) is 1. The van der Waals surface area contributed by atoms with E-state index < -0.39 is 5.97 Å². The minimum Gasteiger partial charge on any atom is -0.462 e. The molecular weight excluding hydrogens is 564 g/mol. The van der Waals surface area contributed by atoms with Gasteiger partial charge in [0.2, 0.25) is 0 Å². The SMILES string of the molecule is C.CCCCCCCCON1C(C)(C)CC(OC(=O)CC(=O)C2CC(C)(C)N(OCCCCCCCC)C(C)(C)C2)CC1(C)C. The van der Waals surface area contributed by atoms with Crippen LogP contribution in [0.2, 0.25) is 0 Å². The summed E-state index contributed by atoms with van der Waals surface area (Å²) in [4.78, 5) is 39.3. The maximum Gasteiger partial charge on any atom is 0.313 e. The second-order valence-corrected chi connectivity index (χ2v) is 16.3. The molecule has 0 spiro atoms. The molecule has 2 saturated heterocycles. The molecule has 0 unspecified atom stereocenters. The van der Waals surface area contributed by atoms with Crippen molar-refractivity contribution in [1.82, 2.24) is 10.1 Å². The van der Waals surface area contributed by atoms with Crippen LogP contribution in [0.4, 0.5) is 0 Å². The van der Waals surface area contributed by atoms with E-state index in [0.29, 0.717) is 38.9 Å². The van der Waals surface area contributed by atoms with E-state index in [0.717, 1.165) is 12.8 Å². The molecule has 2 aliphatic heterocycles. The number of nitrogens with zero attached hydrogens (tertiary/aromatic N) is 2. The van der Waals surface area contributed by atoms with Gasteiger partial charge < -0.3 is 4.74 Å². The molecule has 0 saturated carbocycles. The molecule has 7 nitrogen and oxygen atoms in total. The molecule has 0 N–H and O–H groups in total. The molecule has 2 aliphatic rings. The van der Waals surface area contributed by atoms with Crippen molar-refractivity contribution in [2.45, 2.75) is 214 Å². The number of hydroxylamine groups is 4. The first kappa shape index (κ1) is 42.0. The normalized spacial score (nSPS) is 21.7. The van der Waals surface area contributed by atoms with Gasteiger partial charge in [-0.05, 0) is 81.1 Å². The van der Waals surface area contributed by atoms with Crippen molar-refractivity contribution in [2.75, 3.05) is 13.2 Å². The zero-order valence-electron chi connectivity index (χ0n) is 30.5. The van der Waals surface area contributed by atoms with Crippen LogP contribution < -0.4 is 0 Å². The molecule has 0 amide bonds. The van der Waals surface area contributed by atoms with E-state index in [-0.39, 0.29) is 53.8 Å². The molecule has 45 heavy (non-hydrogen) atoms. The lowest BCUT2D eigenvalue weighted by atomic mass is 9.73. The summed E-state index contributed by atoms with van der Waals surface area (Å²) in [6.07, 6.45) is 17.1. The summed E-state index contributed by atoms with van der Waals surface area (Å²) < 4.78 is 6.00. The van der Waals surface area contributed by atoms with Gasteiger partial charge in [0.1, 0.15) is 18.3 Å². The van der Waals surface area contributed by atoms with Gasteiger partial charge in [-0.3, -0.25) is 19.3 Å². The fraction of sp³-hybridized carbons (Fsp3) is 0.947. The highest BCUT2D eigenvalue weighted by molar-refractivity contribution is 5.97. The Hall–Kier alpha value is -1.02. The van der Waals surface area contributed by atoms with Gasteiger partial charge >= 0.3 is 5.97 Å². The number of ketones is 1. The predicted octanol–water partition coefficient (Wildman–Crippen LogP) is 10.00. The smallest absolute Gasteiger partial charge is 0.313 e. The monoisotopic (exact) mass is 639 g/mol. The van der Waals surface area contributed by atoms with Gasteiger partial charge in [-0.15, -0.1) is 0 Å². The fourth-order valence-electron chi connectivity index (χ4n) is 8.04. The molecule has 2 rings (SSSR count). The zero-order chi connectivity index (χ0) is 33.0. The van der Waals surface area contributed by atoms with Crippen molar-refractivity contribution in [1.29, 1.82) is 0 Å². The second kappa shape index (κ2) is 19.1. The van der Waals surface area contributed by atoms with Gasteiger partial charge in [-0.1, -0.05) is 85.5 Å². The minimum atomic E-state index is -0.398. The van der Waals surface area contributed by atoms with E-state index in [1.165, 1.54) is 64.2 Å². The number of hydrogen-bond acceptors (Lipinski definition) is 7. The topological polar surface area (TPSA) is 68.3 Å². The summed E-state index contributed by atoms with van der Waals surface area (Å²) in [6, 6.07) is 0. The van der Waals surface area contributed by atoms with Crippen LogP contribution in [0, 0.1) is 5.92 Å². The first-order chi connectivity index (χ1) is 20.6. The zero-order valence-corrected chi connectivity index (χ0v) is 30.5. The molecule has 2 heterocycles. The standard InChI is InChI=1S/C37H70N2O5.CH4/c1-11-13-15-17-19-21-23-42-38-34(3,4)26-30(27-35(38,5)6)32(40)25-33(41)44-31-28-36(7,8)39(37(9,10)29-31)43-24-22-20-18-16-14-12-2;/h30-31H,11-29H2,1-10H3;1H4. The van der Waals surface area contributed by atoms with Crippen molar-refractivity contribution in [3.8, 4) is 0 Å². The van der Waals surface area contributed by atoms with Crippen molar-refractivity contribution in [2.24, 2.45) is 5.92 Å². The van der Waals surface area contributed by atoms with E-state index in [2.05, 4.69) is 79.4 Å². The van der Waals surface area contributed by atoms with Gasteiger partial charge in [0.05, 0.1) is 13.2 Å². The predicted molar refractivity (Wildman–Crippen MR) is 187 cm³/mol. The van der Waals surface area contributed by atoms with E-state index in [4.69, 9.17) is 14.4 Å². The van der Waals surface area contributed by atoms with Gasteiger partial charge in [-0.2, -0.15) is 10.1 Å². The van der Waals surface area contributed by atoms with Crippen LogP contribution >= 0.6 is 0 Å². The first-order valence-electron chi connectivity index (χ1n) is 18.1. The van der Waals surface area contributed by atoms with Crippen molar-refractivity contribution < 1.29 is 24.0 Å². The average Bonchev–Trinajstić information content (AvgIpc) is 2.88. The molecule has 0 bridgehead atoms. The number of piperidine rings is 2. The summed E-state index contributed by atoms with van der Waals surface area (Å²) in [6.45, 7) is 23.2. The van der Waals surface area contributed by atoms with Crippen LogP contribution in [0.15, 0.2) is 0 Å². The van der Waals surface area contributed by atoms with E-state index in [1.807, 2.05) is 0 Å². The highest BCUT2D eigenvalue weighted by atomic mass is 16.7. The Kier molecular flexibility index (Phi) is 17.8. The van der Waals surface area contributed by atoms with Crippen LogP contribution in [0.1, 0.15) is 186 Å².